The second kappa shape index (κ2) is 9.61. The maximum Gasteiger partial charge on any atom is 0.416 e. The zero-order valence-electron chi connectivity index (χ0n) is 17.9. The van der Waals surface area contributed by atoms with E-state index in [-0.39, 0.29) is 36.0 Å². The highest BCUT2D eigenvalue weighted by atomic mass is 19.4. The van der Waals surface area contributed by atoms with Gasteiger partial charge in [0.2, 0.25) is 5.91 Å². The van der Waals surface area contributed by atoms with E-state index in [2.05, 4.69) is 5.32 Å². The molecule has 2 aromatic rings. The van der Waals surface area contributed by atoms with Gasteiger partial charge in [0, 0.05) is 25.0 Å². The fourth-order valence-electron chi connectivity index (χ4n) is 5.11. The number of likely N-dealkylation sites (tertiary alicyclic amines) is 1. The number of nitrogens with one attached hydrogen (secondary N) is 1. The Balaban J connectivity index is 1.55. The third-order valence-electron chi connectivity index (χ3n) is 6.71. The molecule has 2 atom stereocenters. The van der Waals surface area contributed by atoms with Crippen LogP contribution in [-0.4, -0.2) is 23.4 Å². The van der Waals surface area contributed by atoms with Gasteiger partial charge in [0.05, 0.1) is 11.6 Å². The fraction of sp³-hybridized carbons (Fsp3) is 0.480. The van der Waals surface area contributed by atoms with Crippen LogP contribution in [0.4, 0.5) is 17.6 Å². The van der Waals surface area contributed by atoms with Crippen molar-refractivity contribution in [3.63, 3.8) is 0 Å². The number of amides is 1. The van der Waals surface area contributed by atoms with Crippen molar-refractivity contribution < 1.29 is 22.4 Å². The number of halogens is 4. The third-order valence-corrected chi connectivity index (χ3v) is 6.71. The molecule has 1 saturated carbocycles. The van der Waals surface area contributed by atoms with E-state index in [4.69, 9.17) is 0 Å². The molecule has 0 spiro atoms. The van der Waals surface area contributed by atoms with Crippen LogP contribution in [0, 0.1) is 11.7 Å². The molecule has 2 aliphatic rings. The zero-order chi connectivity index (χ0) is 22.7. The molecule has 2 aromatic carbocycles. The molecule has 0 radical (unpaired) electrons. The van der Waals surface area contributed by atoms with Gasteiger partial charge in [-0.1, -0.05) is 55.7 Å². The van der Waals surface area contributed by atoms with Gasteiger partial charge < -0.3 is 10.2 Å². The van der Waals surface area contributed by atoms with Gasteiger partial charge >= 0.3 is 6.18 Å². The average molecular weight is 449 g/mol. The van der Waals surface area contributed by atoms with E-state index in [1.807, 2.05) is 35.2 Å². The van der Waals surface area contributed by atoms with Gasteiger partial charge in [0.25, 0.3) is 0 Å². The predicted molar refractivity (Wildman–Crippen MR) is 114 cm³/mol. The summed E-state index contributed by atoms with van der Waals surface area (Å²) in [6, 6.07) is 12.0. The van der Waals surface area contributed by atoms with Crippen molar-refractivity contribution in [1.29, 1.82) is 0 Å². The second-order valence-corrected chi connectivity index (χ2v) is 8.80. The Morgan fingerprint density at radius 2 is 1.72 bits per heavy atom. The van der Waals surface area contributed by atoms with Crippen molar-refractivity contribution in [2.75, 3.05) is 6.54 Å². The Labute approximate surface area is 185 Å². The molecule has 1 heterocycles. The molecule has 7 heteroatoms. The lowest BCUT2D eigenvalue weighted by atomic mass is 9.87. The summed E-state index contributed by atoms with van der Waals surface area (Å²) < 4.78 is 53.6. The van der Waals surface area contributed by atoms with Crippen molar-refractivity contribution in [2.45, 2.75) is 63.3 Å². The highest BCUT2D eigenvalue weighted by molar-refractivity contribution is 5.80. The average Bonchev–Trinajstić information content (AvgIpc) is 3.22. The standard InChI is InChI=1S/C25H28F4N2O/c26-20-12-11-19(21(15-20)25(27,28)29)16-30-22-13-14-31(23(22)17-7-3-1-4-8-17)24(32)18-9-5-2-6-10-18/h1,3-4,7-8,11-12,15,18,22-23,30H,2,5-6,9-10,13-14,16H2. The van der Waals surface area contributed by atoms with Crippen LogP contribution in [0.3, 0.4) is 0 Å². The fourth-order valence-corrected chi connectivity index (χ4v) is 5.11. The monoisotopic (exact) mass is 448 g/mol. The van der Waals surface area contributed by atoms with Crippen LogP contribution >= 0.6 is 0 Å². The Bertz CT molecular complexity index is 925. The summed E-state index contributed by atoms with van der Waals surface area (Å²) >= 11 is 0. The summed E-state index contributed by atoms with van der Waals surface area (Å²) in [4.78, 5) is 15.2. The predicted octanol–water partition coefficient (Wildman–Crippen LogP) is 5.86. The maximum absolute atomic E-state index is 13.5. The Morgan fingerprint density at radius 3 is 2.41 bits per heavy atom. The summed E-state index contributed by atoms with van der Waals surface area (Å²) in [6.07, 6.45) is 1.12. The van der Waals surface area contributed by atoms with Crippen LogP contribution in [0.2, 0.25) is 0 Å². The number of hydrogen-bond donors (Lipinski definition) is 1. The lowest BCUT2D eigenvalue weighted by molar-refractivity contribution is -0.138. The molecular formula is C25H28F4N2O. The van der Waals surface area contributed by atoms with Gasteiger partial charge in [-0.2, -0.15) is 13.2 Å². The molecular weight excluding hydrogens is 420 g/mol. The number of nitrogens with zero attached hydrogens (tertiary/aromatic N) is 1. The number of rotatable bonds is 5. The van der Waals surface area contributed by atoms with Crippen LogP contribution in [-0.2, 0) is 17.5 Å². The normalized spacial score (nSPS) is 22.3. The van der Waals surface area contributed by atoms with Crippen LogP contribution in [0.5, 0.6) is 0 Å². The van der Waals surface area contributed by atoms with Gasteiger partial charge in [-0.25, -0.2) is 4.39 Å². The van der Waals surface area contributed by atoms with Crippen molar-refractivity contribution in [1.82, 2.24) is 10.2 Å². The molecule has 32 heavy (non-hydrogen) atoms. The van der Waals surface area contributed by atoms with Crippen LogP contribution in [0.15, 0.2) is 48.5 Å². The quantitative estimate of drug-likeness (QED) is 0.582. The molecule has 0 bridgehead atoms. The summed E-state index contributed by atoms with van der Waals surface area (Å²) in [7, 11) is 0. The molecule has 1 amide bonds. The molecule has 0 aromatic heterocycles. The minimum Gasteiger partial charge on any atom is -0.334 e. The summed E-state index contributed by atoms with van der Waals surface area (Å²) in [5.74, 6) is -0.725. The number of carbonyl (C=O) groups is 1. The molecule has 2 fully saturated rings. The van der Waals surface area contributed by atoms with Gasteiger partial charge in [-0.3, -0.25) is 4.79 Å². The summed E-state index contributed by atoms with van der Waals surface area (Å²) in [5.41, 5.74) is 0.0129. The number of carbonyl (C=O) groups excluding carboxylic acids is 1. The summed E-state index contributed by atoms with van der Waals surface area (Å²) in [5, 5.41) is 3.25. The molecule has 4 rings (SSSR count). The number of alkyl halides is 3. The first-order valence-corrected chi connectivity index (χ1v) is 11.3. The third kappa shape index (κ3) is 4.98. The molecule has 1 saturated heterocycles. The van der Waals surface area contributed by atoms with Crippen LogP contribution in [0.25, 0.3) is 0 Å². The molecule has 1 aliphatic heterocycles. The smallest absolute Gasteiger partial charge is 0.334 e. The molecule has 1 aliphatic carbocycles. The lowest BCUT2D eigenvalue weighted by Crippen LogP contribution is -2.41. The highest BCUT2D eigenvalue weighted by Gasteiger charge is 2.40. The SMILES string of the molecule is O=C(C1CCCCC1)N1CCC(NCc2ccc(F)cc2C(F)(F)F)C1c1ccccc1. The molecule has 2 unspecified atom stereocenters. The Morgan fingerprint density at radius 1 is 1.00 bits per heavy atom. The molecule has 1 N–H and O–H groups in total. The summed E-state index contributed by atoms with van der Waals surface area (Å²) in [6.45, 7) is 0.524. The van der Waals surface area contributed by atoms with E-state index in [9.17, 15) is 22.4 Å². The first-order valence-electron chi connectivity index (χ1n) is 11.3. The maximum atomic E-state index is 13.5. The van der Waals surface area contributed by atoms with E-state index in [0.29, 0.717) is 19.0 Å². The lowest BCUT2D eigenvalue weighted by Gasteiger charge is -2.33. The van der Waals surface area contributed by atoms with Crippen molar-refractivity contribution in [2.24, 2.45) is 5.92 Å². The number of benzene rings is 2. The van der Waals surface area contributed by atoms with Gasteiger partial charge in [-0.05, 0) is 42.5 Å². The highest BCUT2D eigenvalue weighted by Crippen LogP contribution is 2.37. The Kier molecular flexibility index (Phi) is 6.84. The van der Waals surface area contributed by atoms with E-state index < -0.39 is 17.6 Å². The second-order valence-electron chi connectivity index (χ2n) is 8.80. The van der Waals surface area contributed by atoms with E-state index in [0.717, 1.165) is 43.7 Å². The van der Waals surface area contributed by atoms with E-state index in [1.54, 1.807) is 0 Å². The number of hydrogen-bond acceptors (Lipinski definition) is 2. The van der Waals surface area contributed by atoms with Gasteiger partial charge in [0.1, 0.15) is 5.82 Å². The van der Waals surface area contributed by atoms with Gasteiger partial charge in [-0.15, -0.1) is 0 Å². The Hall–Kier alpha value is -2.41. The topological polar surface area (TPSA) is 32.3 Å². The van der Waals surface area contributed by atoms with Crippen LogP contribution < -0.4 is 5.32 Å². The van der Waals surface area contributed by atoms with Crippen molar-refractivity contribution in [3.8, 4) is 0 Å². The van der Waals surface area contributed by atoms with Gasteiger partial charge in [0.15, 0.2) is 0 Å². The zero-order valence-corrected chi connectivity index (χ0v) is 17.9. The first kappa shape index (κ1) is 22.8. The minimum absolute atomic E-state index is 0.00256. The van der Waals surface area contributed by atoms with Crippen molar-refractivity contribution >= 4 is 5.91 Å². The van der Waals surface area contributed by atoms with Crippen LogP contribution in [0.1, 0.15) is 61.3 Å². The minimum atomic E-state index is -4.63. The van der Waals surface area contributed by atoms with E-state index in [1.165, 1.54) is 6.07 Å². The molecule has 172 valence electrons. The van der Waals surface area contributed by atoms with E-state index >= 15 is 0 Å². The van der Waals surface area contributed by atoms with Crippen molar-refractivity contribution in [3.05, 3.63) is 71.0 Å². The first-order chi connectivity index (χ1) is 15.3. The molecule has 3 nitrogen and oxygen atoms in total. The largest absolute Gasteiger partial charge is 0.416 e.